The Hall–Kier alpha value is -2.27. The first-order chi connectivity index (χ1) is 12.1. The Kier molecular flexibility index (Phi) is 6.13. The molecule has 1 amide bonds. The topological polar surface area (TPSA) is 103 Å². The number of aromatic amines is 1. The van der Waals surface area contributed by atoms with Crippen LogP contribution in [0.5, 0.6) is 0 Å². The molecular formula is C15H19F3N4O3S. The number of halogens is 3. The van der Waals surface area contributed by atoms with Crippen molar-refractivity contribution in [2.75, 3.05) is 7.05 Å². The Morgan fingerprint density at radius 2 is 2.08 bits per heavy atom. The van der Waals surface area contributed by atoms with Crippen LogP contribution in [0.15, 0.2) is 40.8 Å². The third-order valence-electron chi connectivity index (χ3n) is 3.69. The molecule has 2 rings (SSSR count). The maximum Gasteiger partial charge on any atom is 0.268 e. The zero-order chi connectivity index (χ0) is 19.5. The number of carbonyl (C=O) groups excluding carboxylic acids is 1. The fourth-order valence-corrected chi connectivity index (χ4v) is 3.48. The summed E-state index contributed by atoms with van der Waals surface area (Å²) in [5, 5.41) is 5.27. The quantitative estimate of drug-likeness (QED) is 0.563. The van der Waals surface area contributed by atoms with Crippen LogP contribution >= 0.6 is 0 Å². The van der Waals surface area contributed by atoms with E-state index in [1.165, 1.54) is 12.2 Å². The van der Waals surface area contributed by atoms with E-state index in [0.717, 1.165) is 19.2 Å². The number of hydrogen-bond acceptors (Lipinski definition) is 4. The van der Waals surface area contributed by atoms with E-state index in [2.05, 4.69) is 15.6 Å². The van der Waals surface area contributed by atoms with Crippen LogP contribution in [0.2, 0.25) is 0 Å². The molecule has 0 bridgehead atoms. The average molecular weight is 392 g/mol. The van der Waals surface area contributed by atoms with Crippen molar-refractivity contribution >= 4 is 15.9 Å². The number of carbonyl (C=O) groups is 1. The Labute approximate surface area is 148 Å². The van der Waals surface area contributed by atoms with Gasteiger partial charge in [0.2, 0.25) is 10.0 Å². The second-order valence-electron chi connectivity index (χ2n) is 5.69. The van der Waals surface area contributed by atoms with Crippen molar-refractivity contribution in [3.8, 4) is 0 Å². The van der Waals surface area contributed by atoms with Crippen molar-refractivity contribution in [1.29, 1.82) is 0 Å². The standard InChI is InChI=1S/C15H19F3N4O3S/c1-8(14(17)18)22-26(24,25)10-6-13(20-7-10)15(23)21-9-3-4-11(16)12(5-9)19-2/h4-9,14,19-20,22H,3H2,1-2H3,(H,21,23). The number of alkyl halides is 2. The van der Waals surface area contributed by atoms with Crippen LogP contribution in [0.3, 0.4) is 0 Å². The molecule has 0 saturated heterocycles. The number of rotatable bonds is 7. The second kappa shape index (κ2) is 7.96. The van der Waals surface area contributed by atoms with E-state index >= 15 is 0 Å². The maximum atomic E-state index is 13.5. The van der Waals surface area contributed by atoms with Gasteiger partial charge in [0.15, 0.2) is 0 Å². The highest BCUT2D eigenvalue weighted by Gasteiger charge is 2.25. The number of nitrogens with one attached hydrogen (secondary N) is 4. The molecule has 4 N–H and O–H groups in total. The molecule has 1 heterocycles. The number of likely N-dealkylation sites (N-methyl/N-ethyl adjacent to an activating group) is 1. The Bertz CT molecular complexity index is 833. The van der Waals surface area contributed by atoms with Crippen molar-refractivity contribution in [2.24, 2.45) is 0 Å². The number of amides is 1. The van der Waals surface area contributed by atoms with Crippen LogP contribution in [0, 0.1) is 0 Å². The summed E-state index contributed by atoms with van der Waals surface area (Å²) in [4.78, 5) is 14.4. The number of hydrogen-bond donors (Lipinski definition) is 4. The second-order valence-corrected chi connectivity index (χ2v) is 7.41. The first-order valence-electron chi connectivity index (χ1n) is 7.69. The molecule has 0 aliphatic heterocycles. The summed E-state index contributed by atoms with van der Waals surface area (Å²) in [6, 6.07) is -1.01. The SMILES string of the molecule is CNC1=CC(NC(=O)c2cc(S(=O)(=O)NC(C)C(F)F)c[nH]2)CC=C1F. The molecule has 11 heteroatoms. The van der Waals surface area contributed by atoms with Crippen molar-refractivity contribution < 1.29 is 26.4 Å². The summed E-state index contributed by atoms with van der Waals surface area (Å²) >= 11 is 0. The molecule has 0 aromatic carbocycles. The molecule has 2 atom stereocenters. The largest absolute Gasteiger partial charge is 0.386 e. The number of allylic oxidation sites excluding steroid dienone is 1. The first kappa shape index (κ1) is 20.0. The highest BCUT2D eigenvalue weighted by molar-refractivity contribution is 7.89. The third kappa shape index (κ3) is 4.67. The number of sulfonamides is 1. The summed E-state index contributed by atoms with van der Waals surface area (Å²) in [5.41, 5.74) is 0.172. The Morgan fingerprint density at radius 3 is 2.69 bits per heavy atom. The summed E-state index contributed by atoms with van der Waals surface area (Å²) < 4.78 is 64.4. The molecule has 0 spiro atoms. The minimum absolute atomic E-state index is 0.0653. The number of aromatic nitrogens is 1. The van der Waals surface area contributed by atoms with Gasteiger partial charge in [0.25, 0.3) is 12.3 Å². The van der Waals surface area contributed by atoms with Crippen molar-refractivity contribution in [3.63, 3.8) is 0 Å². The van der Waals surface area contributed by atoms with Crippen LogP contribution in [-0.2, 0) is 10.0 Å². The van der Waals surface area contributed by atoms with E-state index in [1.807, 2.05) is 4.72 Å². The summed E-state index contributed by atoms with van der Waals surface area (Å²) in [5.74, 6) is -1.04. The zero-order valence-electron chi connectivity index (χ0n) is 14.0. The van der Waals surface area contributed by atoms with E-state index in [9.17, 15) is 26.4 Å². The predicted octanol–water partition coefficient (Wildman–Crippen LogP) is 1.41. The molecule has 2 unspecified atom stereocenters. The lowest BCUT2D eigenvalue weighted by Gasteiger charge is -2.19. The van der Waals surface area contributed by atoms with E-state index in [0.29, 0.717) is 0 Å². The fourth-order valence-electron chi connectivity index (χ4n) is 2.26. The van der Waals surface area contributed by atoms with Crippen molar-refractivity contribution in [2.45, 2.75) is 36.7 Å². The van der Waals surface area contributed by atoms with Gasteiger partial charge < -0.3 is 15.6 Å². The minimum Gasteiger partial charge on any atom is -0.386 e. The molecule has 26 heavy (non-hydrogen) atoms. The van der Waals surface area contributed by atoms with E-state index < -0.39 is 40.3 Å². The Balaban J connectivity index is 2.07. The molecular weight excluding hydrogens is 373 g/mol. The van der Waals surface area contributed by atoms with Crippen LogP contribution in [0.4, 0.5) is 13.2 Å². The summed E-state index contributed by atoms with van der Waals surface area (Å²) in [6.45, 7) is 1.03. The maximum absolute atomic E-state index is 13.5. The van der Waals surface area contributed by atoms with E-state index in [1.54, 1.807) is 7.05 Å². The van der Waals surface area contributed by atoms with Gasteiger partial charge in [-0.1, -0.05) is 0 Å². The smallest absolute Gasteiger partial charge is 0.268 e. The van der Waals surface area contributed by atoms with E-state index in [-0.39, 0.29) is 22.7 Å². The normalized spacial score (nSPS) is 18.9. The lowest BCUT2D eigenvalue weighted by Crippen LogP contribution is -2.37. The Morgan fingerprint density at radius 1 is 1.38 bits per heavy atom. The lowest BCUT2D eigenvalue weighted by atomic mass is 10.1. The molecule has 7 nitrogen and oxygen atoms in total. The minimum atomic E-state index is -4.19. The molecule has 1 aliphatic rings. The van der Waals surface area contributed by atoms with Crippen molar-refractivity contribution in [3.05, 3.63) is 41.6 Å². The van der Waals surface area contributed by atoms with Gasteiger partial charge in [-0.3, -0.25) is 4.79 Å². The van der Waals surface area contributed by atoms with Crippen LogP contribution in [0.25, 0.3) is 0 Å². The van der Waals surface area contributed by atoms with Gasteiger partial charge in [0.05, 0.1) is 17.8 Å². The monoisotopic (exact) mass is 392 g/mol. The summed E-state index contributed by atoms with van der Waals surface area (Å²) in [6.07, 6.45) is 1.23. The highest BCUT2D eigenvalue weighted by atomic mass is 32.2. The molecule has 1 aromatic heterocycles. The first-order valence-corrected chi connectivity index (χ1v) is 9.17. The zero-order valence-corrected chi connectivity index (χ0v) is 14.8. The van der Waals surface area contributed by atoms with E-state index in [4.69, 9.17) is 0 Å². The van der Waals surface area contributed by atoms with Gasteiger partial charge in [0, 0.05) is 13.2 Å². The predicted molar refractivity (Wildman–Crippen MR) is 88.8 cm³/mol. The number of H-pyrrole nitrogens is 1. The fraction of sp³-hybridized carbons (Fsp3) is 0.400. The molecule has 1 aliphatic carbocycles. The molecule has 0 fully saturated rings. The molecule has 0 saturated carbocycles. The summed E-state index contributed by atoms with van der Waals surface area (Å²) in [7, 11) is -2.65. The van der Waals surface area contributed by atoms with Gasteiger partial charge in [-0.2, -0.15) is 0 Å². The van der Waals surface area contributed by atoms with Gasteiger partial charge in [-0.25, -0.2) is 26.3 Å². The molecule has 144 valence electrons. The molecule has 1 aromatic rings. The van der Waals surface area contributed by atoms with Gasteiger partial charge in [-0.05, 0) is 31.6 Å². The third-order valence-corrected chi connectivity index (χ3v) is 5.23. The average Bonchev–Trinajstić information content (AvgIpc) is 3.07. The van der Waals surface area contributed by atoms with Crippen LogP contribution in [-0.4, -0.2) is 44.9 Å². The van der Waals surface area contributed by atoms with Crippen molar-refractivity contribution in [1.82, 2.24) is 20.3 Å². The van der Waals surface area contributed by atoms with Crippen LogP contribution < -0.4 is 15.4 Å². The van der Waals surface area contributed by atoms with Gasteiger partial charge in [0.1, 0.15) is 16.4 Å². The molecule has 0 radical (unpaired) electrons. The lowest BCUT2D eigenvalue weighted by molar-refractivity contribution is 0.0939. The van der Waals surface area contributed by atoms with Gasteiger partial charge >= 0.3 is 0 Å². The van der Waals surface area contributed by atoms with Crippen LogP contribution in [0.1, 0.15) is 23.8 Å². The highest BCUT2D eigenvalue weighted by Crippen LogP contribution is 2.18. The van der Waals surface area contributed by atoms with Gasteiger partial charge in [-0.15, -0.1) is 0 Å².